The van der Waals surface area contributed by atoms with Gasteiger partial charge in [0.05, 0.1) is 12.4 Å². The Morgan fingerprint density at radius 1 is 1.29 bits per heavy atom. The van der Waals surface area contributed by atoms with Crippen LogP contribution < -0.4 is 16.0 Å². The second kappa shape index (κ2) is 8.53. The Labute approximate surface area is 142 Å². The third-order valence-corrected chi connectivity index (χ3v) is 3.31. The van der Waals surface area contributed by atoms with Gasteiger partial charge in [0.15, 0.2) is 0 Å². The minimum absolute atomic E-state index is 0.0395. The van der Waals surface area contributed by atoms with Crippen molar-refractivity contribution in [1.29, 1.82) is 0 Å². The molecule has 1 heterocycles. The predicted molar refractivity (Wildman–Crippen MR) is 96.3 cm³/mol. The Bertz CT molecular complexity index is 688. The third-order valence-electron chi connectivity index (χ3n) is 3.31. The number of hydrogen-bond acceptors (Lipinski definition) is 5. The zero-order valence-corrected chi connectivity index (χ0v) is 13.8. The molecule has 1 aromatic rings. The Morgan fingerprint density at radius 2 is 2.04 bits per heavy atom. The fourth-order valence-electron chi connectivity index (χ4n) is 2.18. The van der Waals surface area contributed by atoms with E-state index in [2.05, 4.69) is 29.1 Å². The Balaban J connectivity index is 2.13. The van der Waals surface area contributed by atoms with E-state index in [0.717, 1.165) is 11.3 Å². The SMILES string of the molecule is C=C1/C=C(OCc2ccccc2)\C=C/NCN/C(C(=C)O)=C(/C)N1. The number of hydrogen-bond donors (Lipinski definition) is 4. The molecule has 0 unspecified atom stereocenters. The number of nitrogens with one attached hydrogen (secondary N) is 3. The highest BCUT2D eigenvalue weighted by Gasteiger charge is 2.07. The summed E-state index contributed by atoms with van der Waals surface area (Å²) in [4.78, 5) is 0. The van der Waals surface area contributed by atoms with E-state index in [9.17, 15) is 5.11 Å². The maximum atomic E-state index is 9.68. The van der Waals surface area contributed by atoms with Crippen molar-refractivity contribution in [2.75, 3.05) is 6.67 Å². The molecule has 1 aromatic carbocycles. The molecule has 126 valence electrons. The summed E-state index contributed by atoms with van der Waals surface area (Å²) in [6, 6.07) is 9.95. The molecule has 0 amide bonds. The lowest BCUT2D eigenvalue weighted by Crippen LogP contribution is -2.28. The minimum atomic E-state index is -0.0395. The van der Waals surface area contributed by atoms with Crippen LogP contribution in [0, 0.1) is 0 Å². The average Bonchev–Trinajstić information content (AvgIpc) is 2.58. The zero-order valence-electron chi connectivity index (χ0n) is 13.8. The van der Waals surface area contributed by atoms with Gasteiger partial charge in [-0.3, -0.25) is 0 Å². The van der Waals surface area contributed by atoms with Crippen molar-refractivity contribution in [3.8, 4) is 0 Å². The molecule has 0 aromatic heterocycles. The lowest BCUT2D eigenvalue weighted by molar-refractivity contribution is 0.210. The topological polar surface area (TPSA) is 65.5 Å². The molecule has 0 atom stereocenters. The smallest absolute Gasteiger partial charge is 0.133 e. The maximum absolute atomic E-state index is 9.68. The average molecular weight is 325 g/mol. The van der Waals surface area contributed by atoms with Gasteiger partial charge in [-0.25, -0.2) is 0 Å². The molecule has 0 fully saturated rings. The van der Waals surface area contributed by atoms with Gasteiger partial charge in [0.25, 0.3) is 0 Å². The normalized spacial score (nSPS) is 21.9. The highest BCUT2D eigenvalue weighted by Crippen LogP contribution is 2.12. The summed E-state index contributed by atoms with van der Waals surface area (Å²) >= 11 is 0. The summed E-state index contributed by atoms with van der Waals surface area (Å²) in [7, 11) is 0. The number of benzene rings is 1. The predicted octanol–water partition coefficient (Wildman–Crippen LogP) is 3.16. The van der Waals surface area contributed by atoms with Crippen LogP contribution in [0.2, 0.25) is 0 Å². The van der Waals surface area contributed by atoms with Crippen molar-refractivity contribution < 1.29 is 9.84 Å². The molecule has 5 heteroatoms. The van der Waals surface area contributed by atoms with E-state index in [4.69, 9.17) is 4.74 Å². The lowest BCUT2D eigenvalue weighted by atomic mass is 10.2. The van der Waals surface area contributed by atoms with Crippen LogP contribution in [0.4, 0.5) is 0 Å². The van der Waals surface area contributed by atoms with Crippen molar-refractivity contribution >= 4 is 0 Å². The van der Waals surface area contributed by atoms with Crippen LogP contribution in [0.25, 0.3) is 0 Å². The number of aliphatic hydroxyl groups excluding tert-OH is 1. The molecular weight excluding hydrogens is 302 g/mol. The van der Waals surface area contributed by atoms with Crippen LogP contribution >= 0.6 is 0 Å². The van der Waals surface area contributed by atoms with Crippen LogP contribution in [0.3, 0.4) is 0 Å². The van der Waals surface area contributed by atoms with Gasteiger partial charge >= 0.3 is 0 Å². The van der Waals surface area contributed by atoms with Crippen molar-refractivity contribution in [3.05, 3.63) is 96.0 Å². The summed E-state index contributed by atoms with van der Waals surface area (Å²) in [6.45, 7) is 10.3. The van der Waals surface area contributed by atoms with Crippen LogP contribution in [0.15, 0.2) is 90.5 Å². The molecule has 1 aliphatic heterocycles. The molecule has 5 nitrogen and oxygen atoms in total. The Kier molecular flexibility index (Phi) is 6.14. The van der Waals surface area contributed by atoms with E-state index in [1.807, 2.05) is 43.3 Å². The minimum Gasteiger partial charge on any atom is -0.506 e. The van der Waals surface area contributed by atoms with Crippen LogP contribution in [0.1, 0.15) is 12.5 Å². The standard InChI is InChI=1S/C19H23N3O2/c1-14-11-18(24-12-17-7-5-4-6-8-17)9-10-20-13-21-19(16(3)23)15(2)22-14/h4-11,20-23H,1,3,12-13H2,2H3/b10-9-,18-11+,19-15-. The molecule has 4 N–H and O–H groups in total. The van der Waals surface area contributed by atoms with Gasteiger partial charge in [0, 0.05) is 23.7 Å². The monoisotopic (exact) mass is 325 g/mol. The fourth-order valence-corrected chi connectivity index (χ4v) is 2.18. The van der Waals surface area contributed by atoms with Crippen molar-refractivity contribution in [3.63, 3.8) is 0 Å². The Hall–Kier alpha value is -3.08. The third kappa shape index (κ3) is 5.28. The second-order valence-electron chi connectivity index (χ2n) is 5.31. The molecule has 0 saturated carbocycles. The summed E-state index contributed by atoms with van der Waals surface area (Å²) in [5.74, 6) is 0.630. The van der Waals surface area contributed by atoms with Gasteiger partial charge in [0.2, 0.25) is 0 Å². The Morgan fingerprint density at radius 3 is 2.75 bits per heavy atom. The van der Waals surface area contributed by atoms with Crippen molar-refractivity contribution in [2.45, 2.75) is 13.5 Å². The molecule has 0 spiro atoms. The molecule has 24 heavy (non-hydrogen) atoms. The van der Waals surface area contributed by atoms with Gasteiger partial charge in [-0.15, -0.1) is 0 Å². The summed E-state index contributed by atoms with van der Waals surface area (Å²) in [6.07, 6.45) is 5.40. The van der Waals surface area contributed by atoms with E-state index >= 15 is 0 Å². The molecule has 2 rings (SSSR count). The van der Waals surface area contributed by atoms with E-state index in [1.165, 1.54) is 0 Å². The van der Waals surface area contributed by atoms with Gasteiger partial charge in [0.1, 0.15) is 18.1 Å². The molecular formula is C19H23N3O2. The second-order valence-corrected chi connectivity index (χ2v) is 5.31. The highest BCUT2D eigenvalue weighted by atomic mass is 16.5. The first-order chi connectivity index (χ1) is 11.6. The van der Waals surface area contributed by atoms with Gasteiger partial charge in [-0.05, 0) is 18.6 Å². The molecule has 0 radical (unpaired) electrons. The number of rotatable bonds is 4. The summed E-state index contributed by atoms with van der Waals surface area (Å²) in [5.41, 5.74) is 2.97. The van der Waals surface area contributed by atoms with Crippen molar-refractivity contribution in [1.82, 2.24) is 16.0 Å². The van der Waals surface area contributed by atoms with E-state index in [-0.39, 0.29) is 5.76 Å². The first kappa shape index (κ1) is 17.3. The first-order valence-corrected chi connectivity index (χ1v) is 7.63. The van der Waals surface area contributed by atoms with E-state index < -0.39 is 0 Å². The zero-order chi connectivity index (χ0) is 17.4. The molecule has 0 aliphatic carbocycles. The quantitative estimate of drug-likeness (QED) is 0.641. The van der Waals surface area contributed by atoms with E-state index in [0.29, 0.717) is 30.4 Å². The fraction of sp³-hybridized carbons (Fsp3) is 0.158. The van der Waals surface area contributed by atoms with Crippen molar-refractivity contribution in [2.24, 2.45) is 0 Å². The van der Waals surface area contributed by atoms with Crippen LogP contribution in [-0.4, -0.2) is 11.8 Å². The maximum Gasteiger partial charge on any atom is 0.133 e. The van der Waals surface area contributed by atoms with Gasteiger partial charge < -0.3 is 25.8 Å². The van der Waals surface area contributed by atoms with Crippen LogP contribution in [-0.2, 0) is 11.3 Å². The largest absolute Gasteiger partial charge is 0.506 e. The molecule has 0 bridgehead atoms. The molecule has 1 aliphatic rings. The first-order valence-electron chi connectivity index (χ1n) is 7.63. The summed E-state index contributed by atoms with van der Waals surface area (Å²) in [5, 5.41) is 18.9. The highest BCUT2D eigenvalue weighted by molar-refractivity contribution is 5.31. The lowest BCUT2D eigenvalue weighted by Gasteiger charge is -2.15. The van der Waals surface area contributed by atoms with Gasteiger partial charge in [-0.1, -0.05) is 43.5 Å². The van der Waals surface area contributed by atoms with Crippen LogP contribution in [0.5, 0.6) is 0 Å². The number of allylic oxidation sites excluding steroid dienone is 3. The molecule has 0 saturated heterocycles. The van der Waals surface area contributed by atoms with Gasteiger partial charge in [-0.2, -0.15) is 0 Å². The van der Waals surface area contributed by atoms with E-state index in [1.54, 1.807) is 12.3 Å². The number of aliphatic hydroxyl groups is 1. The number of ether oxygens (including phenoxy) is 1. The summed E-state index contributed by atoms with van der Waals surface area (Å²) < 4.78 is 5.85.